The number of carbonyl (C=O) groups is 3. The summed E-state index contributed by atoms with van der Waals surface area (Å²) in [4.78, 5) is 35.3. The molecule has 0 unspecified atom stereocenters. The smallest absolute Gasteiger partial charge is 0.228 e. The third kappa shape index (κ3) is 3.45. The van der Waals surface area contributed by atoms with E-state index in [1.54, 1.807) is 31.2 Å². The molecule has 2 heterocycles. The normalized spacial score (nSPS) is 12.7. The maximum absolute atomic E-state index is 12.2. The molecule has 0 saturated carbocycles. The maximum Gasteiger partial charge on any atom is 0.228 e. The lowest BCUT2D eigenvalue weighted by Gasteiger charge is -2.04. The van der Waals surface area contributed by atoms with E-state index in [1.807, 2.05) is 0 Å². The number of aromatic nitrogens is 1. The van der Waals surface area contributed by atoms with Crippen LogP contribution in [0.2, 0.25) is 0 Å². The third-order valence-electron chi connectivity index (χ3n) is 3.53. The van der Waals surface area contributed by atoms with E-state index in [9.17, 15) is 14.4 Å². The van der Waals surface area contributed by atoms with Crippen LogP contribution < -0.4 is 10.6 Å². The Labute approximate surface area is 132 Å². The van der Waals surface area contributed by atoms with Gasteiger partial charge in [0.15, 0.2) is 11.6 Å². The summed E-state index contributed by atoms with van der Waals surface area (Å²) in [6.45, 7) is 1.72. The first-order chi connectivity index (χ1) is 11.0. The van der Waals surface area contributed by atoms with E-state index in [-0.39, 0.29) is 36.9 Å². The number of hydrogen-bond donors (Lipinski definition) is 2. The number of benzene rings is 1. The Morgan fingerprint density at radius 3 is 2.87 bits per heavy atom. The lowest BCUT2D eigenvalue weighted by Crippen LogP contribution is -2.13. The van der Waals surface area contributed by atoms with Gasteiger partial charge < -0.3 is 15.2 Å². The van der Waals surface area contributed by atoms with Crippen LogP contribution in [-0.4, -0.2) is 22.8 Å². The van der Waals surface area contributed by atoms with E-state index in [4.69, 9.17) is 4.52 Å². The third-order valence-corrected chi connectivity index (χ3v) is 3.53. The molecule has 1 aromatic heterocycles. The number of aryl methyl sites for hydroxylation is 1. The highest BCUT2D eigenvalue weighted by molar-refractivity contribution is 6.03. The molecule has 118 valence electrons. The van der Waals surface area contributed by atoms with Crippen molar-refractivity contribution in [2.45, 2.75) is 26.2 Å². The van der Waals surface area contributed by atoms with Crippen LogP contribution in [0.1, 0.15) is 34.5 Å². The number of nitrogens with zero attached hydrogens (tertiary/aromatic N) is 1. The van der Waals surface area contributed by atoms with Gasteiger partial charge in [0, 0.05) is 30.2 Å². The van der Waals surface area contributed by atoms with Crippen molar-refractivity contribution in [3.05, 3.63) is 41.2 Å². The van der Waals surface area contributed by atoms with Gasteiger partial charge in [-0.25, -0.2) is 0 Å². The van der Waals surface area contributed by atoms with Crippen LogP contribution in [0.3, 0.4) is 0 Å². The molecule has 23 heavy (non-hydrogen) atoms. The van der Waals surface area contributed by atoms with Gasteiger partial charge in [-0.15, -0.1) is 0 Å². The van der Waals surface area contributed by atoms with Gasteiger partial charge in [-0.3, -0.25) is 14.4 Å². The molecule has 0 aliphatic carbocycles. The van der Waals surface area contributed by atoms with E-state index in [0.29, 0.717) is 17.1 Å². The van der Waals surface area contributed by atoms with Crippen molar-refractivity contribution in [2.75, 3.05) is 10.6 Å². The Hall–Kier alpha value is -2.96. The Balaban J connectivity index is 1.56. The molecular formula is C16H15N3O4. The van der Waals surface area contributed by atoms with Crippen LogP contribution in [0.25, 0.3) is 0 Å². The molecule has 0 bridgehead atoms. The molecule has 7 nitrogen and oxygen atoms in total. The van der Waals surface area contributed by atoms with Gasteiger partial charge in [0.1, 0.15) is 5.76 Å². The van der Waals surface area contributed by atoms with E-state index >= 15 is 0 Å². The number of hydrogen-bond acceptors (Lipinski definition) is 5. The minimum Gasteiger partial charge on any atom is -0.360 e. The summed E-state index contributed by atoms with van der Waals surface area (Å²) in [6.07, 6.45) is 0.421. The predicted octanol–water partition coefficient (Wildman–Crippen LogP) is 2.08. The number of carbonyl (C=O) groups excluding carboxylic acids is 3. The van der Waals surface area contributed by atoms with Crippen molar-refractivity contribution in [3.63, 3.8) is 0 Å². The second kappa shape index (κ2) is 6.04. The molecule has 2 N–H and O–H groups in total. The molecule has 1 aliphatic heterocycles. The molecule has 0 fully saturated rings. The SMILES string of the molecule is Cc1cc(NC(=O)CCC(=O)c2ccc3c(c2)CC(=O)N3)no1. The van der Waals surface area contributed by atoms with E-state index < -0.39 is 0 Å². The summed E-state index contributed by atoms with van der Waals surface area (Å²) in [5, 5.41) is 8.94. The second-order valence-electron chi connectivity index (χ2n) is 5.39. The average Bonchev–Trinajstić information content (AvgIpc) is 3.08. The van der Waals surface area contributed by atoms with Crippen molar-refractivity contribution in [3.8, 4) is 0 Å². The zero-order valence-electron chi connectivity index (χ0n) is 12.5. The summed E-state index contributed by atoms with van der Waals surface area (Å²) in [6, 6.07) is 6.68. The highest BCUT2D eigenvalue weighted by Gasteiger charge is 2.19. The highest BCUT2D eigenvalue weighted by atomic mass is 16.5. The average molecular weight is 313 g/mol. The fourth-order valence-electron chi connectivity index (χ4n) is 2.40. The van der Waals surface area contributed by atoms with Crippen molar-refractivity contribution in [1.82, 2.24) is 5.16 Å². The zero-order chi connectivity index (χ0) is 16.4. The largest absolute Gasteiger partial charge is 0.360 e. The van der Waals surface area contributed by atoms with Crippen LogP contribution in [0.5, 0.6) is 0 Å². The van der Waals surface area contributed by atoms with Crippen molar-refractivity contribution < 1.29 is 18.9 Å². The summed E-state index contributed by atoms with van der Waals surface area (Å²) < 4.78 is 4.85. The van der Waals surface area contributed by atoms with E-state index in [2.05, 4.69) is 15.8 Å². The monoisotopic (exact) mass is 313 g/mol. The fourth-order valence-corrected chi connectivity index (χ4v) is 2.40. The van der Waals surface area contributed by atoms with Crippen LogP contribution in [0, 0.1) is 6.92 Å². The van der Waals surface area contributed by atoms with Crippen molar-refractivity contribution in [1.29, 1.82) is 0 Å². The molecule has 1 aromatic carbocycles. The van der Waals surface area contributed by atoms with Crippen LogP contribution >= 0.6 is 0 Å². The molecule has 2 aromatic rings. The van der Waals surface area contributed by atoms with Crippen LogP contribution in [-0.2, 0) is 16.0 Å². The van der Waals surface area contributed by atoms with Gasteiger partial charge in [0.25, 0.3) is 0 Å². The summed E-state index contributed by atoms with van der Waals surface area (Å²) in [5.74, 6) is 0.412. The number of nitrogens with one attached hydrogen (secondary N) is 2. The minimum atomic E-state index is -0.301. The molecule has 0 radical (unpaired) electrons. The van der Waals surface area contributed by atoms with Crippen molar-refractivity contribution >= 4 is 29.1 Å². The molecule has 7 heteroatoms. The number of ketones is 1. The topological polar surface area (TPSA) is 101 Å². The predicted molar refractivity (Wildman–Crippen MR) is 82.2 cm³/mol. The highest BCUT2D eigenvalue weighted by Crippen LogP contribution is 2.24. The number of fused-ring (bicyclic) bond motifs is 1. The molecule has 0 saturated heterocycles. The fraction of sp³-hybridized carbons (Fsp3) is 0.250. The van der Waals surface area contributed by atoms with Gasteiger partial charge in [0.05, 0.1) is 6.42 Å². The van der Waals surface area contributed by atoms with Gasteiger partial charge in [-0.2, -0.15) is 0 Å². The van der Waals surface area contributed by atoms with E-state index in [0.717, 1.165) is 11.3 Å². The molecule has 1 aliphatic rings. The molecule has 0 atom stereocenters. The Morgan fingerprint density at radius 1 is 1.30 bits per heavy atom. The lowest BCUT2D eigenvalue weighted by molar-refractivity contribution is -0.116. The lowest BCUT2D eigenvalue weighted by atomic mass is 10.0. The molecule has 3 rings (SSSR count). The zero-order valence-corrected chi connectivity index (χ0v) is 12.5. The maximum atomic E-state index is 12.2. The van der Waals surface area contributed by atoms with Gasteiger partial charge >= 0.3 is 0 Å². The second-order valence-corrected chi connectivity index (χ2v) is 5.39. The van der Waals surface area contributed by atoms with Gasteiger partial charge in [0.2, 0.25) is 11.8 Å². The summed E-state index contributed by atoms with van der Waals surface area (Å²) in [5.41, 5.74) is 2.05. The Morgan fingerprint density at radius 2 is 2.13 bits per heavy atom. The minimum absolute atomic E-state index is 0.0546. The molecular weight excluding hydrogens is 298 g/mol. The van der Waals surface area contributed by atoms with Crippen LogP contribution in [0.15, 0.2) is 28.8 Å². The number of rotatable bonds is 5. The standard InChI is InChI=1S/C16H15N3O4/c1-9-6-14(19-23-9)18-15(21)5-4-13(20)10-2-3-12-11(7-10)8-16(22)17-12/h2-3,6-7H,4-5,8H2,1H3,(H,17,22)(H,18,19,21). The van der Waals surface area contributed by atoms with Crippen molar-refractivity contribution in [2.24, 2.45) is 0 Å². The first-order valence-electron chi connectivity index (χ1n) is 7.20. The van der Waals surface area contributed by atoms with Crippen LogP contribution in [0.4, 0.5) is 11.5 Å². The Bertz CT molecular complexity index is 794. The van der Waals surface area contributed by atoms with Gasteiger partial charge in [-0.1, -0.05) is 5.16 Å². The first kappa shape index (κ1) is 15.0. The summed E-state index contributed by atoms with van der Waals surface area (Å²) >= 11 is 0. The number of anilines is 2. The quantitative estimate of drug-likeness (QED) is 0.823. The van der Waals surface area contributed by atoms with E-state index in [1.165, 1.54) is 0 Å². The number of amides is 2. The Kier molecular flexibility index (Phi) is 3.92. The van der Waals surface area contributed by atoms with Gasteiger partial charge in [-0.05, 0) is 30.7 Å². The number of Topliss-reactive ketones (excluding diaryl/α,β-unsaturated/α-hetero) is 1. The molecule has 2 amide bonds. The first-order valence-corrected chi connectivity index (χ1v) is 7.20. The summed E-state index contributed by atoms with van der Waals surface area (Å²) in [7, 11) is 0. The molecule has 0 spiro atoms.